The lowest BCUT2D eigenvalue weighted by Gasteiger charge is -2.16. The Hall–Kier alpha value is -1.97. The van der Waals surface area contributed by atoms with Crippen molar-refractivity contribution in [1.29, 1.82) is 0 Å². The van der Waals surface area contributed by atoms with Gasteiger partial charge < -0.3 is 9.64 Å². The third-order valence-corrected chi connectivity index (χ3v) is 6.39. The van der Waals surface area contributed by atoms with Gasteiger partial charge >= 0.3 is 0 Å². The fourth-order valence-electron chi connectivity index (χ4n) is 2.50. The van der Waals surface area contributed by atoms with Crippen molar-refractivity contribution in [2.45, 2.75) is 0 Å². The number of thiocarbonyl (C=S) groups is 1. The van der Waals surface area contributed by atoms with Crippen LogP contribution in [0.15, 0.2) is 41.3 Å². The molecule has 1 aliphatic rings. The molecule has 1 aliphatic heterocycles. The van der Waals surface area contributed by atoms with E-state index in [2.05, 4.69) is 5.43 Å². The molecule has 1 saturated heterocycles. The highest BCUT2D eigenvalue weighted by atomic mass is 35.5. The Labute approximate surface area is 204 Å². The van der Waals surface area contributed by atoms with Crippen LogP contribution in [-0.2, 0) is 9.59 Å². The van der Waals surface area contributed by atoms with Gasteiger partial charge in [-0.15, -0.1) is 0 Å². The molecule has 31 heavy (non-hydrogen) atoms. The maximum atomic E-state index is 12.7. The fourth-order valence-corrected chi connectivity index (χ4v) is 4.27. The minimum atomic E-state index is -0.588. The first-order chi connectivity index (χ1) is 14.7. The van der Waals surface area contributed by atoms with E-state index >= 15 is 0 Å². The number of thioether (sulfide) groups is 1. The zero-order valence-electron chi connectivity index (χ0n) is 16.3. The van der Waals surface area contributed by atoms with Gasteiger partial charge in [-0.05, 0) is 42.1 Å². The van der Waals surface area contributed by atoms with Crippen molar-refractivity contribution in [2.24, 2.45) is 0 Å². The molecule has 0 aromatic heterocycles. The van der Waals surface area contributed by atoms with E-state index in [1.165, 1.54) is 12.1 Å². The minimum Gasteiger partial charge on any atom is -0.482 e. The Kier molecular flexibility index (Phi) is 7.72. The molecular formula is C20H16Cl3N3O3S2. The SMILES string of the molecule is CN(C)c1ccc(C=C2SC(=S)N(NC(=O)COc3cc(Cl)c(Cl)cc3Cl)C2=O)cc1. The largest absolute Gasteiger partial charge is 0.482 e. The summed E-state index contributed by atoms with van der Waals surface area (Å²) in [7, 11) is 3.89. The van der Waals surface area contributed by atoms with Crippen LogP contribution in [0.5, 0.6) is 5.75 Å². The van der Waals surface area contributed by atoms with Gasteiger partial charge in [0.05, 0.1) is 20.0 Å². The first-order valence-corrected chi connectivity index (χ1v) is 11.1. The van der Waals surface area contributed by atoms with Crippen LogP contribution in [0.2, 0.25) is 15.1 Å². The van der Waals surface area contributed by atoms with E-state index in [9.17, 15) is 9.59 Å². The number of rotatable bonds is 6. The summed E-state index contributed by atoms with van der Waals surface area (Å²) in [5.74, 6) is -0.819. The van der Waals surface area contributed by atoms with Crippen molar-refractivity contribution in [1.82, 2.24) is 10.4 Å². The van der Waals surface area contributed by atoms with E-state index in [1.54, 1.807) is 6.08 Å². The molecule has 162 valence electrons. The highest BCUT2D eigenvalue weighted by Crippen LogP contribution is 2.34. The average Bonchev–Trinajstić information content (AvgIpc) is 2.97. The topological polar surface area (TPSA) is 61.9 Å². The first kappa shape index (κ1) is 23.7. The fraction of sp³-hybridized carbons (Fsp3) is 0.150. The van der Waals surface area contributed by atoms with Crippen LogP contribution in [0.1, 0.15) is 5.56 Å². The molecule has 0 unspecified atom stereocenters. The lowest BCUT2D eigenvalue weighted by molar-refractivity contribution is -0.134. The van der Waals surface area contributed by atoms with Gasteiger partial charge in [0.2, 0.25) is 0 Å². The molecule has 0 bridgehead atoms. The number of ether oxygens (including phenoxy) is 1. The predicted octanol–water partition coefficient (Wildman–Crippen LogP) is 5.02. The standard InChI is InChI=1S/C20H16Cl3N3O3S2/c1-25(2)12-5-3-11(4-6-12)7-17-19(28)26(20(30)31-17)24-18(27)10-29-16-9-14(22)13(21)8-15(16)23/h3-9H,10H2,1-2H3,(H,24,27). The maximum Gasteiger partial charge on any atom is 0.285 e. The van der Waals surface area contributed by atoms with Crippen LogP contribution in [0.3, 0.4) is 0 Å². The van der Waals surface area contributed by atoms with Crippen molar-refractivity contribution < 1.29 is 14.3 Å². The van der Waals surface area contributed by atoms with E-state index in [1.807, 2.05) is 43.3 Å². The van der Waals surface area contributed by atoms with Gasteiger partial charge in [-0.2, -0.15) is 5.01 Å². The third-order valence-electron chi connectivity index (χ3n) is 4.07. The highest BCUT2D eigenvalue weighted by Gasteiger charge is 2.33. The summed E-state index contributed by atoms with van der Waals surface area (Å²) in [4.78, 5) is 27.3. The molecule has 2 aromatic rings. The Morgan fingerprint density at radius 2 is 1.81 bits per heavy atom. The molecule has 0 saturated carbocycles. The molecule has 3 rings (SSSR count). The monoisotopic (exact) mass is 515 g/mol. The summed E-state index contributed by atoms with van der Waals surface area (Å²) >= 11 is 24.2. The smallest absolute Gasteiger partial charge is 0.285 e. The number of hydrazine groups is 1. The van der Waals surface area contributed by atoms with Crippen LogP contribution in [0.4, 0.5) is 5.69 Å². The summed E-state index contributed by atoms with van der Waals surface area (Å²) in [5, 5.41) is 1.73. The number of nitrogens with one attached hydrogen (secondary N) is 1. The molecule has 0 radical (unpaired) electrons. The third kappa shape index (κ3) is 5.84. The van der Waals surface area contributed by atoms with E-state index in [0.29, 0.717) is 4.91 Å². The van der Waals surface area contributed by atoms with Gasteiger partial charge in [-0.1, -0.05) is 58.7 Å². The van der Waals surface area contributed by atoms with Crippen LogP contribution in [-0.4, -0.2) is 41.8 Å². The van der Waals surface area contributed by atoms with E-state index in [4.69, 9.17) is 51.8 Å². The number of amides is 2. The van der Waals surface area contributed by atoms with Gasteiger partial charge in [-0.3, -0.25) is 15.0 Å². The number of carbonyl (C=O) groups excluding carboxylic acids is 2. The zero-order valence-corrected chi connectivity index (χ0v) is 20.2. The predicted molar refractivity (Wildman–Crippen MR) is 131 cm³/mol. The van der Waals surface area contributed by atoms with Gasteiger partial charge in [0, 0.05) is 25.8 Å². The summed E-state index contributed by atoms with van der Waals surface area (Å²) in [6.07, 6.45) is 1.72. The Balaban J connectivity index is 1.63. The molecule has 0 spiro atoms. The molecule has 0 atom stereocenters. The van der Waals surface area contributed by atoms with Crippen LogP contribution < -0.4 is 15.1 Å². The van der Waals surface area contributed by atoms with E-state index in [-0.39, 0.29) is 25.1 Å². The highest BCUT2D eigenvalue weighted by molar-refractivity contribution is 8.26. The van der Waals surface area contributed by atoms with Gasteiger partial charge in [0.25, 0.3) is 11.8 Å². The Morgan fingerprint density at radius 3 is 2.45 bits per heavy atom. The Morgan fingerprint density at radius 1 is 1.16 bits per heavy atom. The number of anilines is 1. The van der Waals surface area contributed by atoms with Gasteiger partial charge in [0.1, 0.15) is 5.75 Å². The number of nitrogens with zero attached hydrogens (tertiary/aromatic N) is 2. The second kappa shape index (κ2) is 10.1. The second-order valence-electron chi connectivity index (χ2n) is 6.52. The van der Waals surface area contributed by atoms with Crippen molar-refractivity contribution in [3.05, 3.63) is 61.9 Å². The number of hydrogen-bond donors (Lipinski definition) is 1. The maximum absolute atomic E-state index is 12.7. The van der Waals surface area contributed by atoms with Crippen molar-refractivity contribution in [3.63, 3.8) is 0 Å². The molecule has 2 amide bonds. The number of hydrogen-bond acceptors (Lipinski definition) is 6. The molecule has 6 nitrogen and oxygen atoms in total. The van der Waals surface area contributed by atoms with Crippen LogP contribution in [0, 0.1) is 0 Å². The molecule has 2 aromatic carbocycles. The molecule has 1 heterocycles. The van der Waals surface area contributed by atoms with Crippen molar-refractivity contribution >= 4 is 86.7 Å². The van der Waals surface area contributed by atoms with E-state index < -0.39 is 18.4 Å². The number of benzene rings is 2. The average molecular weight is 517 g/mol. The van der Waals surface area contributed by atoms with Gasteiger partial charge in [0.15, 0.2) is 10.9 Å². The lowest BCUT2D eigenvalue weighted by atomic mass is 10.2. The zero-order chi connectivity index (χ0) is 22.7. The molecular weight excluding hydrogens is 501 g/mol. The quantitative estimate of drug-likeness (QED) is 0.330. The number of carbonyl (C=O) groups is 2. The van der Waals surface area contributed by atoms with Crippen molar-refractivity contribution in [2.75, 3.05) is 25.6 Å². The lowest BCUT2D eigenvalue weighted by Crippen LogP contribution is -2.46. The molecule has 1 fully saturated rings. The Bertz CT molecular complexity index is 1080. The number of halogens is 3. The summed E-state index contributed by atoms with van der Waals surface area (Å²) in [5.41, 5.74) is 4.33. The summed E-state index contributed by atoms with van der Waals surface area (Å²) in [6, 6.07) is 10.5. The van der Waals surface area contributed by atoms with Crippen LogP contribution >= 0.6 is 58.8 Å². The normalized spacial score (nSPS) is 14.9. The molecule has 11 heteroatoms. The first-order valence-electron chi connectivity index (χ1n) is 8.78. The van der Waals surface area contributed by atoms with Crippen LogP contribution in [0.25, 0.3) is 6.08 Å². The molecule has 0 aliphatic carbocycles. The summed E-state index contributed by atoms with van der Waals surface area (Å²) in [6.45, 7) is -0.403. The van der Waals surface area contributed by atoms with E-state index in [0.717, 1.165) is 28.0 Å². The van der Waals surface area contributed by atoms with Gasteiger partial charge in [-0.25, -0.2) is 0 Å². The molecule has 1 N–H and O–H groups in total. The second-order valence-corrected chi connectivity index (χ2v) is 9.42. The van der Waals surface area contributed by atoms with Crippen molar-refractivity contribution in [3.8, 4) is 5.75 Å². The minimum absolute atomic E-state index is 0.192. The summed E-state index contributed by atoms with van der Waals surface area (Å²) < 4.78 is 5.58.